The number of fused-ring (bicyclic) bond motifs is 1. The predicted octanol–water partition coefficient (Wildman–Crippen LogP) is 4.27. The molecule has 0 atom stereocenters. The van der Waals surface area contributed by atoms with Crippen molar-refractivity contribution >= 4 is 37.0 Å². The molecule has 0 spiro atoms. The monoisotopic (exact) mass is 437 g/mol. The van der Waals surface area contributed by atoms with Crippen LogP contribution in [0.2, 0.25) is 0 Å². The standard InChI is InChI=1S/C19H20BrNO4S/c1-26(22,23)25-10-4-9-24-19-8-7-14(12-17(19)20)11-16-13-15-5-2-3-6-18(15)21-16/h2-3,5-8,12-13,21H,4,9-11H2,1H3. The number of nitrogens with one attached hydrogen (secondary N) is 1. The van der Waals surface area contributed by atoms with Crippen LogP contribution in [0.15, 0.2) is 53.0 Å². The van der Waals surface area contributed by atoms with E-state index in [9.17, 15) is 8.42 Å². The summed E-state index contributed by atoms with van der Waals surface area (Å²) in [5.41, 5.74) is 3.46. The van der Waals surface area contributed by atoms with Crippen molar-refractivity contribution < 1.29 is 17.3 Å². The van der Waals surface area contributed by atoms with E-state index in [4.69, 9.17) is 4.74 Å². The quantitative estimate of drug-likeness (QED) is 0.422. The number of halogens is 1. The molecule has 0 bridgehead atoms. The van der Waals surface area contributed by atoms with Crippen molar-refractivity contribution in [2.45, 2.75) is 12.8 Å². The average molecular weight is 438 g/mol. The molecule has 0 unspecified atom stereocenters. The zero-order valence-electron chi connectivity index (χ0n) is 14.4. The van der Waals surface area contributed by atoms with E-state index in [-0.39, 0.29) is 6.61 Å². The fourth-order valence-electron chi connectivity index (χ4n) is 2.67. The molecule has 0 aliphatic heterocycles. The summed E-state index contributed by atoms with van der Waals surface area (Å²) in [6, 6.07) is 16.4. The summed E-state index contributed by atoms with van der Waals surface area (Å²) >= 11 is 3.53. The molecule has 0 aliphatic rings. The number of para-hydroxylation sites is 1. The van der Waals surface area contributed by atoms with Crippen LogP contribution < -0.4 is 4.74 Å². The van der Waals surface area contributed by atoms with Gasteiger partial charge in [-0.1, -0.05) is 24.3 Å². The summed E-state index contributed by atoms with van der Waals surface area (Å²) in [5.74, 6) is 0.727. The molecule has 1 heterocycles. The van der Waals surface area contributed by atoms with E-state index in [2.05, 4.69) is 43.3 Å². The lowest BCUT2D eigenvalue weighted by Gasteiger charge is -2.09. The molecule has 0 fully saturated rings. The zero-order valence-corrected chi connectivity index (χ0v) is 16.8. The maximum absolute atomic E-state index is 10.9. The minimum Gasteiger partial charge on any atom is -0.492 e. The molecule has 2 aromatic carbocycles. The topological polar surface area (TPSA) is 68.4 Å². The normalized spacial score (nSPS) is 11.8. The molecule has 0 amide bonds. The first-order valence-corrected chi connectivity index (χ1v) is 10.8. The lowest BCUT2D eigenvalue weighted by molar-refractivity contribution is 0.251. The number of aromatic nitrogens is 1. The summed E-state index contributed by atoms with van der Waals surface area (Å²) in [6.07, 6.45) is 2.34. The molecular formula is C19H20BrNO4S. The Morgan fingerprint density at radius 3 is 2.62 bits per heavy atom. The van der Waals surface area contributed by atoms with Crippen LogP contribution in [0.4, 0.5) is 0 Å². The first kappa shape index (κ1) is 18.9. The molecule has 138 valence electrons. The average Bonchev–Trinajstić information content (AvgIpc) is 2.97. The van der Waals surface area contributed by atoms with Gasteiger partial charge in [-0.2, -0.15) is 8.42 Å². The second kappa shape index (κ2) is 8.24. The van der Waals surface area contributed by atoms with E-state index in [1.807, 2.05) is 30.3 Å². The van der Waals surface area contributed by atoms with Gasteiger partial charge >= 0.3 is 0 Å². The fourth-order valence-corrected chi connectivity index (χ4v) is 3.63. The molecule has 3 rings (SSSR count). The van der Waals surface area contributed by atoms with Gasteiger partial charge in [-0.3, -0.25) is 4.18 Å². The van der Waals surface area contributed by atoms with Gasteiger partial charge in [-0.15, -0.1) is 0 Å². The third kappa shape index (κ3) is 5.33. The van der Waals surface area contributed by atoms with Crippen LogP contribution in [0, 0.1) is 0 Å². The number of rotatable bonds is 8. The van der Waals surface area contributed by atoms with E-state index in [1.165, 1.54) is 5.39 Å². The number of H-pyrrole nitrogens is 1. The molecule has 0 aliphatic carbocycles. The van der Waals surface area contributed by atoms with E-state index < -0.39 is 10.1 Å². The largest absolute Gasteiger partial charge is 0.492 e. The van der Waals surface area contributed by atoms with Crippen LogP contribution in [0.3, 0.4) is 0 Å². The van der Waals surface area contributed by atoms with Gasteiger partial charge in [0.15, 0.2) is 0 Å². The van der Waals surface area contributed by atoms with Crippen molar-refractivity contribution in [3.8, 4) is 5.75 Å². The molecule has 26 heavy (non-hydrogen) atoms. The lowest BCUT2D eigenvalue weighted by Crippen LogP contribution is -2.08. The molecule has 5 nitrogen and oxygen atoms in total. The molecule has 0 radical (unpaired) electrons. The van der Waals surface area contributed by atoms with Crippen LogP contribution in [0.25, 0.3) is 10.9 Å². The van der Waals surface area contributed by atoms with Gasteiger partial charge < -0.3 is 9.72 Å². The second-order valence-electron chi connectivity index (χ2n) is 6.05. The summed E-state index contributed by atoms with van der Waals surface area (Å²) in [7, 11) is -3.39. The van der Waals surface area contributed by atoms with Gasteiger partial charge in [0, 0.05) is 24.1 Å². The highest BCUT2D eigenvalue weighted by Crippen LogP contribution is 2.27. The van der Waals surface area contributed by atoms with Gasteiger partial charge in [0.25, 0.3) is 10.1 Å². The van der Waals surface area contributed by atoms with Gasteiger partial charge in [-0.25, -0.2) is 0 Å². The van der Waals surface area contributed by atoms with Crippen LogP contribution >= 0.6 is 15.9 Å². The van der Waals surface area contributed by atoms with E-state index in [0.29, 0.717) is 13.0 Å². The van der Waals surface area contributed by atoms with E-state index in [1.54, 1.807) is 0 Å². The van der Waals surface area contributed by atoms with Crippen molar-refractivity contribution in [3.05, 3.63) is 64.3 Å². The minimum absolute atomic E-state index is 0.120. The van der Waals surface area contributed by atoms with Crippen LogP contribution in [0.1, 0.15) is 17.7 Å². The van der Waals surface area contributed by atoms with Crippen LogP contribution in [-0.4, -0.2) is 32.9 Å². The van der Waals surface area contributed by atoms with E-state index in [0.717, 1.165) is 39.7 Å². The summed E-state index contributed by atoms with van der Waals surface area (Å²) < 4.78 is 33.0. The smallest absolute Gasteiger partial charge is 0.264 e. The Morgan fingerprint density at radius 1 is 1.08 bits per heavy atom. The van der Waals surface area contributed by atoms with Gasteiger partial charge in [0.05, 0.1) is 23.9 Å². The molecule has 7 heteroatoms. The molecule has 1 aromatic heterocycles. The summed E-state index contributed by atoms with van der Waals surface area (Å²) in [6.45, 7) is 0.504. The van der Waals surface area contributed by atoms with Gasteiger partial charge in [0.2, 0.25) is 0 Å². The van der Waals surface area contributed by atoms with Crippen LogP contribution in [-0.2, 0) is 20.7 Å². The first-order valence-electron chi connectivity index (χ1n) is 8.23. The van der Waals surface area contributed by atoms with Crippen molar-refractivity contribution in [1.29, 1.82) is 0 Å². The molecule has 0 saturated carbocycles. The fraction of sp³-hybridized carbons (Fsp3) is 0.263. The number of hydrogen-bond donors (Lipinski definition) is 1. The molecule has 1 N–H and O–H groups in total. The molecular weight excluding hydrogens is 418 g/mol. The lowest BCUT2D eigenvalue weighted by atomic mass is 10.1. The number of benzene rings is 2. The third-order valence-corrected chi connectivity index (χ3v) is 5.03. The first-order chi connectivity index (χ1) is 12.4. The van der Waals surface area contributed by atoms with Crippen molar-refractivity contribution in [3.63, 3.8) is 0 Å². The maximum Gasteiger partial charge on any atom is 0.264 e. The highest BCUT2D eigenvalue weighted by Gasteiger charge is 2.06. The molecule has 3 aromatic rings. The Hall–Kier alpha value is -1.83. The number of hydrogen-bond acceptors (Lipinski definition) is 4. The SMILES string of the molecule is CS(=O)(=O)OCCCOc1ccc(Cc2cc3ccccc3[nH]2)cc1Br. The Labute approximate surface area is 161 Å². The van der Waals surface area contributed by atoms with Crippen molar-refractivity contribution in [2.75, 3.05) is 19.5 Å². The van der Waals surface area contributed by atoms with Gasteiger partial charge in [-0.05, 0) is 51.1 Å². The van der Waals surface area contributed by atoms with Crippen molar-refractivity contribution in [2.24, 2.45) is 0 Å². The van der Waals surface area contributed by atoms with Crippen molar-refractivity contribution in [1.82, 2.24) is 4.98 Å². The molecule has 0 saturated heterocycles. The Kier molecular flexibility index (Phi) is 6.01. The minimum atomic E-state index is -3.39. The number of aromatic amines is 1. The predicted molar refractivity (Wildman–Crippen MR) is 106 cm³/mol. The Morgan fingerprint density at radius 2 is 1.88 bits per heavy atom. The third-order valence-electron chi connectivity index (χ3n) is 3.82. The summed E-state index contributed by atoms with van der Waals surface area (Å²) in [4.78, 5) is 3.43. The maximum atomic E-state index is 10.9. The van der Waals surface area contributed by atoms with E-state index >= 15 is 0 Å². The summed E-state index contributed by atoms with van der Waals surface area (Å²) in [5, 5.41) is 1.21. The highest BCUT2D eigenvalue weighted by atomic mass is 79.9. The Balaban J connectivity index is 1.57. The number of ether oxygens (including phenoxy) is 1. The highest BCUT2D eigenvalue weighted by molar-refractivity contribution is 9.10. The Bertz CT molecular complexity index is 965. The second-order valence-corrected chi connectivity index (χ2v) is 8.55. The van der Waals surface area contributed by atoms with Crippen LogP contribution in [0.5, 0.6) is 5.75 Å². The zero-order chi connectivity index (χ0) is 18.6. The van der Waals surface area contributed by atoms with Gasteiger partial charge in [0.1, 0.15) is 5.75 Å².